The van der Waals surface area contributed by atoms with Crippen LogP contribution >= 0.6 is 7.82 Å². The number of hydrogen-bond donors (Lipinski definition) is 0. The monoisotopic (exact) mass is 874 g/mol. The van der Waals surface area contributed by atoms with Crippen molar-refractivity contribution in [2.24, 2.45) is 0 Å². The Bertz CT molecular complexity index is 1250. The number of hydrogen-bond acceptors (Lipinski definition) is 7. The molecular formula is C52H92NO7P. The first-order chi connectivity index (χ1) is 29.6. The molecule has 2 atom stereocenters. The molecule has 9 heteroatoms. The zero-order chi connectivity index (χ0) is 44.8. The number of quaternary nitrogens is 1. The van der Waals surface area contributed by atoms with Crippen LogP contribution in [0.1, 0.15) is 181 Å². The Kier molecular flexibility index (Phi) is 42.6. The Labute approximate surface area is 375 Å². The van der Waals surface area contributed by atoms with E-state index in [2.05, 4.69) is 98.9 Å². The largest absolute Gasteiger partial charge is 0.756 e. The fourth-order valence-corrected chi connectivity index (χ4v) is 6.92. The van der Waals surface area contributed by atoms with Crippen molar-refractivity contribution in [1.82, 2.24) is 0 Å². The first-order valence-electron chi connectivity index (χ1n) is 24.3. The number of allylic oxidation sites excluding steroid dienone is 14. The van der Waals surface area contributed by atoms with Gasteiger partial charge in [0.2, 0.25) is 0 Å². The third kappa shape index (κ3) is 48.6. The molecule has 0 aliphatic carbocycles. The van der Waals surface area contributed by atoms with Crippen molar-refractivity contribution in [3.8, 4) is 0 Å². The lowest BCUT2D eigenvalue weighted by Crippen LogP contribution is -2.37. The fourth-order valence-electron chi connectivity index (χ4n) is 6.19. The van der Waals surface area contributed by atoms with Gasteiger partial charge in [0.05, 0.1) is 34.4 Å². The van der Waals surface area contributed by atoms with Crippen molar-refractivity contribution in [3.05, 3.63) is 85.1 Å². The van der Waals surface area contributed by atoms with E-state index >= 15 is 0 Å². The maximum Gasteiger partial charge on any atom is 0.306 e. The van der Waals surface area contributed by atoms with Crippen LogP contribution in [0.3, 0.4) is 0 Å². The van der Waals surface area contributed by atoms with Crippen LogP contribution < -0.4 is 4.89 Å². The predicted octanol–water partition coefficient (Wildman–Crippen LogP) is 14.2. The Balaban J connectivity index is 4.23. The van der Waals surface area contributed by atoms with E-state index in [9.17, 15) is 14.3 Å². The number of carbonyl (C=O) groups is 1. The van der Waals surface area contributed by atoms with Gasteiger partial charge in [0.1, 0.15) is 19.3 Å². The van der Waals surface area contributed by atoms with E-state index in [1.807, 2.05) is 21.1 Å². The summed E-state index contributed by atoms with van der Waals surface area (Å²) in [6, 6.07) is 0. The van der Waals surface area contributed by atoms with Crippen molar-refractivity contribution >= 4 is 13.8 Å². The summed E-state index contributed by atoms with van der Waals surface area (Å²) in [4.78, 5) is 25.1. The van der Waals surface area contributed by atoms with E-state index in [0.29, 0.717) is 24.1 Å². The van der Waals surface area contributed by atoms with Gasteiger partial charge in [-0.1, -0.05) is 170 Å². The third-order valence-corrected chi connectivity index (χ3v) is 10.9. The van der Waals surface area contributed by atoms with E-state index in [4.69, 9.17) is 18.5 Å². The normalized spacial score (nSPS) is 14.4. The minimum atomic E-state index is -4.54. The Morgan fingerprint density at radius 2 is 0.951 bits per heavy atom. The molecule has 61 heavy (non-hydrogen) atoms. The summed E-state index contributed by atoms with van der Waals surface area (Å²) in [5, 5.41) is 0. The summed E-state index contributed by atoms with van der Waals surface area (Å²) in [5.41, 5.74) is 0. The highest BCUT2D eigenvalue weighted by molar-refractivity contribution is 7.45. The molecule has 0 aromatic carbocycles. The van der Waals surface area contributed by atoms with Gasteiger partial charge in [-0.25, -0.2) is 0 Å². The SMILES string of the molecule is CC/C=C\C/C=C\C/C=C\C/C=C\C/C=C\CCCCCCCCCC(=O)OC(COCCCCCCCC/C=C\C/C=C\CCCCC)COP(=O)([O-])OCC[N+](C)(C)C. The lowest BCUT2D eigenvalue weighted by molar-refractivity contribution is -0.870. The molecule has 0 aromatic heterocycles. The van der Waals surface area contributed by atoms with Crippen LogP contribution in [0.5, 0.6) is 0 Å². The zero-order valence-electron chi connectivity index (χ0n) is 39.8. The highest BCUT2D eigenvalue weighted by atomic mass is 31.2. The maximum absolute atomic E-state index is 12.7. The maximum atomic E-state index is 12.7. The molecule has 0 amide bonds. The highest BCUT2D eigenvalue weighted by Crippen LogP contribution is 2.38. The molecule has 0 fully saturated rings. The Morgan fingerprint density at radius 3 is 1.43 bits per heavy atom. The average Bonchev–Trinajstić information content (AvgIpc) is 3.22. The summed E-state index contributed by atoms with van der Waals surface area (Å²) in [6.45, 7) is 5.22. The van der Waals surface area contributed by atoms with Crippen molar-refractivity contribution in [1.29, 1.82) is 0 Å². The summed E-state index contributed by atoms with van der Waals surface area (Å²) >= 11 is 0. The molecule has 0 saturated heterocycles. The van der Waals surface area contributed by atoms with E-state index in [0.717, 1.165) is 96.3 Å². The molecule has 0 rings (SSSR count). The second-order valence-electron chi connectivity index (χ2n) is 17.1. The summed E-state index contributed by atoms with van der Waals surface area (Å²) in [5.74, 6) is -0.352. The van der Waals surface area contributed by atoms with Gasteiger partial charge in [-0.05, 0) is 89.9 Å². The highest BCUT2D eigenvalue weighted by Gasteiger charge is 2.20. The second kappa shape index (κ2) is 44.3. The van der Waals surface area contributed by atoms with E-state index in [1.165, 1.54) is 64.2 Å². The number of nitrogens with zero attached hydrogens (tertiary/aromatic N) is 1. The van der Waals surface area contributed by atoms with Gasteiger partial charge >= 0.3 is 5.97 Å². The summed E-state index contributed by atoms with van der Waals surface area (Å²) < 4.78 is 34.7. The molecule has 0 spiro atoms. The second-order valence-corrected chi connectivity index (χ2v) is 18.5. The quantitative estimate of drug-likeness (QED) is 0.0198. The molecule has 0 saturated carbocycles. The van der Waals surface area contributed by atoms with E-state index in [-0.39, 0.29) is 25.8 Å². The molecule has 0 radical (unpaired) electrons. The lowest BCUT2D eigenvalue weighted by atomic mass is 10.1. The summed E-state index contributed by atoms with van der Waals surface area (Å²) in [7, 11) is 1.33. The molecule has 0 heterocycles. The molecule has 0 aromatic rings. The van der Waals surface area contributed by atoms with E-state index in [1.54, 1.807) is 0 Å². The van der Waals surface area contributed by atoms with Crippen LogP contribution in [-0.2, 0) is 27.9 Å². The minimum Gasteiger partial charge on any atom is -0.756 e. The van der Waals surface area contributed by atoms with Crippen LogP contribution in [0, 0.1) is 0 Å². The zero-order valence-corrected chi connectivity index (χ0v) is 40.7. The first kappa shape index (κ1) is 58.7. The van der Waals surface area contributed by atoms with Crippen molar-refractivity contribution in [2.75, 3.05) is 54.1 Å². The minimum absolute atomic E-state index is 0.0169. The molecule has 0 bridgehead atoms. The topological polar surface area (TPSA) is 94.1 Å². The van der Waals surface area contributed by atoms with Crippen molar-refractivity contribution < 1.29 is 37.3 Å². The third-order valence-electron chi connectivity index (χ3n) is 9.93. The number of likely N-dealkylation sites (N-methyl/N-ethyl adjacent to an activating group) is 1. The number of phosphoric acid groups is 1. The van der Waals surface area contributed by atoms with Crippen molar-refractivity contribution in [2.45, 2.75) is 187 Å². The van der Waals surface area contributed by atoms with Crippen LogP contribution in [0.4, 0.5) is 0 Å². The molecule has 352 valence electrons. The van der Waals surface area contributed by atoms with Crippen LogP contribution in [-0.4, -0.2) is 70.7 Å². The van der Waals surface area contributed by atoms with E-state index < -0.39 is 13.9 Å². The molecule has 0 aliphatic rings. The van der Waals surface area contributed by atoms with Gasteiger partial charge in [-0.2, -0.15) is 0 Å². The number of unbranched alkanes of at least 4 members (excludes halogenated alkanes) is 16. The average molecular weight is 874 g/mol. The molecule has 0 aliphatic heterocycles. The number of rotatable bonds is 44. The van der Waals surface area contributed by atoms with Gasteiger partial charge in [-0.15, -0.1) is 0 Å². The van der Waals surface area contributed by atoms with Crippen LogP contribution in [0.2, 0.25) is 0 Å². The van der Waals surface area contributed by atoms with Gasteiger partial charge in [-0.3, -0.25) is 9.36 Å². The molecular weight excluding hydrogens is 782 g/mol. The number of carbonyl (C=O) groups excluding carboxylic acids is 1. The lowest BCUT2D eigenvalue weighted by Gasteiger charge is -2.28. The van der Waals surface area contributed by atoms with Crippen molar-refractivity contribution in [3.63, 3.8) is 0 Å². The van der Waals surface area contributed by atoms with Gasteiger partial charge in [0.25, 0.3) is 7.82 Å². The standard InChI is InChI=1S/C52H92NO7P/c1-6-8-10-12-14-16-18-20-22-24-25-26-27-28-29-30-31-33-35-37-39-41-43-45-52(54)60-51(50-59-61(55,56)58-48-46-53(3,4)5)49-57-47-44-42-40-38-36-34-32-23-21-19-17-15-13-11-9-7-2/h8,10,14-17,20-23,25-26,28-29,51H,6-7,9,11-13,18-19,24,27,30-50H2,1-5H3/b10-8-,16-14-,17-15-,22-20-,23-21-,26-25-,29-28-. The number of ether oxygens (including phenoxy) is 2. The smallest absolute Gasteiger partial charge is 0.306 e. The Morgan fingerprint density at radius 1 is 0.525 bits per heavy atom. The molecule has 2 unspecified atom stereocenters. The predicted molar refractivity (Wildman–Crippen MR) is 258 cm³/mol. The van der Waals surface area contributed by atoms with Gasteiger partial charge < -0.3 is 27.9 Å². The number of phosphoric ester groups is 1. The Hall–Kier alpha value is -2.32. The van der Waals surface area contributed by atoms with Crippen LogP contribution in [0.25, 0.3) is 0 Å². The first-order valence-corrected chi connectivity index (χ1v) is 25.8. The van der Waals surface area contributed by atoms with Gasteiger partial charge in [0.15, 0.2) is 0 Å². The van der Waals surface area contributed by atoms with Gasteiger partial charge in [0, 0.05) is 13.0 Å². The van der Waals surface area contributed by atoms with Crippen LogP contribution in [0.15, 0.2) is 85.1 Å². The molecule has 8 nitrogen and oxygen atoms in total. The fraction of sp³-hybridized carbons (Fsp3) is 0.712. The summed E-state index contributed by atoms with van der Waals surface area (Å²) in [6.07, 6.45) is 58.8. The number of esters is 1. The molecule has 0 N–H and O–H groups in total.